The molecule has 1 saturated heterocycles. The minimum absolute atomic E-state index is 0.0976. The third-order valence-corrected chi connectivity index (χ3v) is 4.16. The quantitative estimate of drug-likeness (QED) is 0.849. The van der Waals surface area contributed by atoms with Crippen LogP contribution in [-0.2, 0) is 11.2 Å². The molecule has 1 aromatic rings. The zero-order valence-corrected chi connectivity index (χ0v) is 11.4. The summed E-state index contributed by atoms with van der Waals surface area (Å²) in [5.74, 6) is 2.28. The molecule has 1 unspecified atom stereocenters. The summed E-state index contributed by atoms with van der Waals surface area (Å²) in [6.07, 6.45) is 9.03. The van der Waals surface area contributed by atoms with Crippen LogP contribution < -0.4 is 5.32 Å². The Balaban J connectivity index is 1.57. The van der Waals surface area contributed by atoms with Crippen LogP contribution in [0, 0.1) is 5.92 Å². The van der Waals surface area contributed by atoms with Crippen molar-refractivity contribution < 1.29 is 9.26 Å². The van der Waals surface area contributed by atoms with Gasteiger partial charge in [0, 0.05) is 13.0 Å². The van der Waals surface area contributed by atoms with Crippen molar-refractivity contribution in [1.29, 1.82) is 0 Å². The van der Waals surface area contributed by atoms with Crippen LogP contribution >= 0.6 is 0 Å². The van der Waals surface area contributed by atoms with Gasteiger partial charge in [0.2, 0.25) is 5.89 Å². The van der Waals surface area contributed by atoms with Gasteiger partial charge in [0.15, 0.2) is 5.82 Å². The fourth-order valence-corrected chi connectivity index (χ4v) is 3.04. The first-order chi connectivity index (χ1) is 9.42. The summed E-state index contributed by atoms with van der Waals surface area (Å²) < 4.78 is 10.8. The summed E-state index contributed by atoms with van der Waals surface area (Å²) in [6.45, 7) is 2.27. The van der Waals surface area contributed by atoms with E-state index in [0.717, 1.165) is 37.2 Å². The Morgan fingerprint density at radius 2 is 2.00 bits per heavy atom. The number of rotatable bonds is 3. The molecule has 0 radical (unpaired) electrons. The molecule has 19 heavy (non-hydrogen) atoms. The second-order valence-electron chi connectivity index (χ2n) is 5.69. The van der Waals surface area contributed by atoms with E-state index in [-0.39, 0.29) is 6.04 Å². The molecule has 5 heteroatoms. The molecule has 1 N–H and O–H groups in total. The van der Waals surface area contributed by atoms with E-state index in [1.54, 1.807) is 0 Å². The van der Waals surface area contributed by atoms with E-state index in [9.17, 15) is 0 Å². The van der Waals surface area contributed by atoms with Crippen LogP contribution in [0.15, 0.2) is 4.52 Å². The third-order valence-electron chi connectivity index (χ3n) is 4.16. The van der Waals surface area contributed by atoms with Crippen LogP contribution in [0.4, 0.5) is 0 Å². The second kappa shape index (κ2) is 6.48. The van der Waals surface area contributed by atoms with Crippen LogP contribution in [0.3, 0.4) is 0 Å². The molecular weight excluding hydrogens is 242 g/mol. The molecule has 1 aromatic heterocycles. The van der Waals surface area contributed by atoms with Crippen LogP contribution in [0.1, 0.15) is 56.3 Å². The van der Waals surface area contributed by atoms with Gasteiger partial charge in [0.25, 0.3) is 0 Å². The normalized spacial score (nSPS) is 26.2. The number of aromatic nitrogens is 2. The van der Waals surface area contributed by atoms with Crippen molar-refractivity contribution in [1.82, 2.24) is 15.5 Å². The fraction of sp³-hybridized carbons (Fsp3) is 0.857. The molecule has 0 bridgehead atoms. The van der Waals surface area contributed by atoms with Crippen LogP contribution in [0.25, 0.3) is 0 Å². The Morgan fingerprint density at radius 3 is 2.74 bits per heavy atom. The number of hydrogen-bond acceptors (Lipinski definition) is 5. The largest absolute Gasteiger partial charge is 0.378 e. The number of nitrogens with zero attached hydrogens (tertiary/aromatic N) is 2. The van der Waals surface area contributed by atoms with Crippen molar-refractivity contribution in [2.75, 3.05) is 19.8 Å². The zero-order valence-electron chi connectivity index (χ0n) is 11.4. The van der Waals surface area contributed by atoms with Gasteiger partial charge in [-0.2, -0.15) is 4.98 Å². The summed E-state index contributed by atoms with van der Waals surface area (Å²) in [6, 6.07) is 0.0976. The highest BCUT2D eigenvalue weighted by Crippen LogP contribution is 2.26. The molecule has 2 fully saturated rings. The van der Waals surface area contributed by atoms with E-state index in [4.69, 9.17) is 9.26 Å². The van der Waals surface area contributed by atoms with Crippen LogP contribution in [0.5, 0.6) is 0 Å². The standard InChI is InChI=1S/C14H23N3O2/c1-2-4-6-11(5-3-1)9-13-16-14(17-19-13)12-10-18-8-7-15-12/h11-12,15H,1-10H2. The van der Waals surface area contributed by atoms with Crippen molar-refractivity contribution in [2.24, 2.45) is 5.92 Å². The molecule has 5 nitrogen and oxygen atoms in total. The van der Waals surface area contributed by atoms with E-state index < -0.39 is 0 Å². The molecule has 3 rings (SSSR count). The van der Waals surface area contributed by atoms with Crippen LogP contribution in [-0.4, -0.2) is 29.9 Å². The summed E-state index contributed by atoms with van der Waals surface area (Å²) in [4.78, 5) is 4.54. The minimum atomic E-state index is 0.0976. The minimum Gasteiger partial charge on any atom is -0.378 e. The number of nitrogens with one attached hydrogen (secondary N) is 1. The van der Waals surface area contributed by atoms with Crippen LogP contribution in [0.2, 0.25) is 0 Å². The van der Waals surface area contributed by atoms with E-state index >= 15 is 0 Å². The number of ether oxygens (including phenoxy) is 1. The number of morpholine rings is 1. The molecule has 1 aliphatic heterocycles. The van der Waals surface area contributed by atoms with Gasteiger partial charge in [0.05, 0.1) is 19.3 Å². The maximum absolute atomic E-state index is 5.43. The Bertz CT molecular complexity index is 380. The first-order valence-electron chi connectivity index (χ1n) is 7.55. The monoisotopic (exact) mass is 265 g/mol. The van der Waals surface area contributed by atoms with Gasteiger partial charge in [-0.15, -0.1) is 0 Å². The average molecular weight is 265 g/mol. The SMILES string of the molecule is C1CCCC(Cc2nc(C3COCCN3)no2)CC1. The molecule has 1 aliphatic carbocycles. The summed E-state index contributed by atoms with van der Waals surface area (Å²) in [7, 11) is 0. The lowest BCUT2D eigenvalue weighted by Gasteiger charge is -2.20. The van der Waals surface area contributed by atoms with Gasteiger partial charge in [-0.05, 0) is 18.8 Å². The molecule has 0 spiro atoms. The lowest BCUT2D eigenvalue weighted by Crippen LogP contribution is -2.35. The first kappa shape index (κ1) is 13.1. The molecule has 2 aliphatic rings. The maximum atomic E-state index is 5.43. The van der Waals surface area contributed by atoms with Gasteiger partial charge in [-0.1, -0.05) is 30.8 Å². The molecule has 1 saturated carbocycles. The highest BCUT2D eigenvalue weighted by Gasteiger charge is 2.22. The lowest BCUT2D eigenvalue weighted by molar-refractivity contribution is 0.0734. The van der Waals surface area contributed by atoms with Gasteiger partial charge in [-0.25, -0.2) is 0 Å². The zero-order chi connectivity index (χ0) is 12.9. The van der Waals surface area contributed by atoms with Gasteiger partial charge >= 0.3 is 0 Å². The van der Waals surface area contributed by atoms with Crippen molar-refractivity contribution >= 4 is 0 Å². The summed E-state index contributed by atoms with van der Waals surface area (Å²) in [5, 5.41) is 7.45. The maximum Gasteiger partial charge on any atom is 0.226 e. The fourth-order valence-electron chi connectivity index (χ4n) is 3.04. The number of hydrogen-bond donors (Lipinski definition) is 1. The van der Waals surface area contributed by atoms with Crippen molar-refractivity contribution in [3.63, 3.8) is 0 Å². The van der Waals surface area contributed by atoms with E-state index in [0.29, 0.717) is 6.61 Å². The highest BCUT2D eigenvalue weighted by atomic mass is 16.5. The highest BCUT2D eigenvalue weighted by molar-refractivity contribution is 4.96. The molecule has 1 atom stereocenters. The lowest BCUT2D eigenvalue weighted by atomic mass is 9.97. The van der Waals surface area contributed by atoms with E-state index in [2.05, 4.69) is 15.5 Å². The van der Waals surface area contributed by atoms with Gasteiger partial charge in [-0.3, -0.25) is 0 Å². The van der Waals surface area contributed by atoms with Crippen molar-refractivity contribution in [2.45, 2.75) is 51.0 Å². The third kappa shape index (κ3) is 3.54. The Hall–Kier alpha value is -0.940. The van der Waals surface area contributed by atoms with Gasteiger partial charge < -0.3 is 14.6 Å². The Kier molecular flexibility index (Phi) is 4.45. The first-order valence-corrected chi connectivity index (χ1v) is 7.55. The molecular formula is C14H23N3O2. The average Bonchev–Trinajstić information content (AvgIpc) is 2.76. The predicted molar refractivity (Wildman–Crippen MR) is 70.8 cm³/mol. The van der Waals surface area contributed by atoms with Crippen molar-refractivity contribution in [3.05, 3.63) is 11.7 Å². The molecule has 2 heterocycles. The predicted octanol–water partition coefficient (Wildman–Crippen LogP) is 2.24. The van der Waals surface area contributed by atoms with Crippen molar-refractivity contribution in [3.8, 4) is 0 Å². The smallest absolute Gasteiger partial charge is 0.226 e. The Morgan fingerprint density at radius 1 is 1.16 bits per heavy atom. The molecule has 0 aromatic carbocycles. The summed E-state index contributed by atoms with van der Waals surface area (Å²) >= 11 is 0. The molecule has 0 amide bonds. The van der Waals surface area contributed by atoms with E-state index in [1.165, 1.54) is 38.5 Å². The summed E-state index contributed by atoms with van der Waals surface area (Å²) in [5.41, 5.74) is 0. The second-order valence-corrected chi connectivity index (χ2v) is 5.69. The van der Waals surface area contributed by atoms with E-state index in [1.807, 2.05) is 0 Å². The molecule has 106 valence electrons. The topological polar surface area (TPSA) is 60.2 Å². The Labute approximate surface area is 114 Å². The van der Waals surface area contributed by atoms with Gasteiger partial charge in [0.1, 0.15) is 0 Å².